The molecule has 1 aromatic carbocycles. The van der Waals surface area contributed by atoms with E-state index < -0.39 is 17.9 Å². The Balaban J connectivity index is 1.60. The molecule has 0 fully saturated rings. The van der Waals surface area contributed by atoms with Crippen molar-refractivity contribution in [3.05, 3.63) is 59.7 Å². The highest BCUT2D eigenvalue weighted by Crippen LogP contribution is 2.24. The Labute approximate surface area is 181 Å². The van der Waals surface area contributed by atoms with E-state index in [-0.39, 0.29) is 17.3 Å². The number of aromatic amines is 1. The third-order valence-corrected chi connectivity index (χ3v) is 5.44. The van der Waals surface area contributed by atoms with Crippen molar-refractivity contribution < 1.29 is 9.59 Å². The molecule has 0 bridgehead atoms. The molecule has 4 rings (SSSR count). The highest BCUT2D eigenvalue weighted by Gasteiger charge is 2.20. The summed E-state index contributed by atoms with van der Waals surface area (Å²) in [5.74, 6) is -0.833. The molecule has 0 aliphatic carbocycles. The van der Waals surface area contributed by atoms with Crippen molar-refractivity contribution in [3.8, 4) is 0 Å². The number of nitrogens with zero attached hydrogens (tertiary/aromatic N) is 3. The van der Waals surface area contributed by atoms with Gasteiger partial charge in [0.15, 0.2) is 11.5 Å². The number of aryl methyl sites for hydroxylation is 1. The highest BCUT2D eigenvalue weighted by molar-refractivity contribution is 7.10. The Kier molecular flexibility index (Phi) is 5.50. The van der Waals surface area contributed by atoms with Gasteiger partial charge >= 0.3 is 0 Å². The van der Waals surface area contributed by atoms with Crippen LogP contribution in [0, 0.1) is 6.92 Å². The van der Waals surface area contributed by atoms with Crippen LogP contribution in [-0.4, -0.2) is 37.2 Å². The molecule has 7 N–H and O–H groups in total. The number of carbonyl (C=O) groups excluding carboxylic acids is 2. The molecule has 3 aromatic heterocycles. The number of anilines is 3. The van der Waals surface area contributed by atoms with Crippen LogP contribution in [-0.2, 0) is 11.2 Å². The minimum atomic E-state index is -0.744. The maximum absolute atomic E-state index is 12.1. The average molecular weight is 437 g/mol. The number of rotatable bonds is 8. The Morgan fingerprint density at radius 2 is 2.06 bits per heavy atom. The van der Waals surface area contributed by atoms with Gasteiger partial charge in [0.05, 0.1) is 11.9 Å². The standard InChI is InChI=1S/C20H20N8O2S/c1-10-6-16(31-28-10)27-20-17(19(22)30)24-9-15(26-20)25-14(18(21)29)7-11-8-23-13-5-3-2-4-12(11)13/h2-6,8-9,14,23H,7H2,1H3,(H2,21,29)(H2,22,30)(H2,25,26,27)/t14-/m1/s1. The molecule has 0 aliphatic heterocycles. The van der Waals surface area contributed by atoms with E-state index in [2.05, 4.69) is 30.0 Å². The van der Waals surface area contributed by atoms with Gasteiger partial charge < -0.3 is 27.1 Å². The Hall–Kier alpha value is -3.99. The molecular weight excluding hydrogens is 416 g/mol. The van der Waals surface area contributed by atoms with Crippen molar-refractivity contribution >= 4 is 50.9 Å². The van der Waals surface area contributed by atoms with Crippen molar-refractivity contribution in [3.63, 3.8) is 0 Å². The molecule has 1 atom stereocenters. The number of para-hydroxylation sites is 1. The molecule has 0 saturated heterocycles. The lowest BCUT2D eigenvalue weighted by Crippen LogP contribution is -2.37. The summed E-state index contributed by atoms with van der Waals surface area (Å²) in [5, 5.41) is 7.71. The summed E-state index contributed by atoms with van der Waals surface area (Å²) >= 11 is 1.21. The van der Waals surface area contributed by atoms with Gasteiger partial charge in [-0.3, -0.25) is 9.59 Å². The lowest BCUT2D eigenvalue weighted by Gasteiger charge is -2.17. The van der Waals surface area contributed by atoms with Crippen LogP contribution in [0.1, 0.15) is 21.7 Å². The van der Waals surface area contributed by atoms with Gasteiger partial charge in [-0.1, -0.05) is 18.2 Å². The molecule has 11 heteroatoms. The molecular formula is C20H20N8O2S. The average Bonchev–Trinajstić information content (AvgIpc) is 3.33. The van der Waals surface area contributed by atoms with E-state index in [9.17, 15) is 9.59 Å². The molecule has 4 aromatic rings. The van der Waals surface area contributed by atoms with Crippen molar-refractivity contribution in [2.75, 3.05) is 10.6 Å². The molecule has 0 unspecified atom stereocenters. The van der Waals surface area contributed by atoms with Crippen LogP contribution < -0.4 is 22.1 Å². The maximum atomic E-state index is 12.1. The molecule has 3 heterocycles. The largest absolute Gasteiger partial charge is 0.368 e. The summed E-state index contributed by atoms with van der Waals surface area (Å²) in [4.78, 5) is 35.6. The van der Waals surface area contributed by atoms with Crippen molar-refractivity contribution in [1.82, 2.24) is 19.3 Å². The number of primary amides is 2. The topological polar surface area (TPSA) is 165 Å². The monoisotopic (exact) mass is 436 g/mol. The van der Waals surface area contributed by atoms with Gasteiger partial charge in [0, 0.05) is 23.5 Å². The second kappa shape index (κ2) is 8.40. The van der Waals surface area contributed by atoms with Crippen molar-refractivity contribution in [2.45, 2.75) is 19.4 Å². The van der Waals surface area contributed by atoms with E-state index in [0.29, 0.717) is 11.4 Å². The summed E-state index contributed by atoms with van der Waals surface area (Å²) in [6, 6.07) is 8.85. The smallest absolute Gasteiger partial charge is 0.271 e. The molecule has 31 heavy (non-hydrogen) atoms. The summed E-state index contributed by atoms with van der Waals surface area (Å²) in [5.41, 5.74) is 13.8. The molecule has 10 nitrogen and oxygen atoms in total. The zero-order valence-electron chi connectivity index (χ0n) is 16.5. The number of nitrogens with one attached hydrogen (secondary N) is 3. The third kappa shape index (κ3) is 4.46. The third-order valence-electron chi connectivity index (χ3n) is 4.64. The predicted octanol–water partition coefficient (Wildman–Crippen LogP) is 2.07. The van der Waals surface area contributed by atoms with Crippen LogP contribution in [0.5, 0.6) is 0 Å². The first-order valence-corrected chi connectivity index (χ1v) is 10.2. The first kappa shape index (κ1) is 20.3. The zero-order valence-corrected chi connectivity index (χ0v) is 17.4. The Bertz CT molecular complexity index is 1270. The van der Waals surface area contributed by atoms with Crippen LogP contribution in [0.3, 0.4) is 0 Å². The normalized spacial score (nSPS) is 11.9. The fraction of sp³-hybridized carbons (Fsp3) is 0.150. The van der Waals surface area contributed by atoms with Gasteiger partial charge in [0.25, 0.3) is 5.91 Å². The second-order valence-electron chi connectivity index (χ2n) is 6.94. The highest BCUT2D eigenvalue weighted by atomic mass is 32.1. The summed E-state index contributed by atoms with van der Waals surface area (Å²) in [6.45, 7) is 1.85. The van der Waals surface area contributed by atoms with Crippen LogP contribution in [0.4, 0.5) is 16.6 Å². The fourth-order valence-electron chi connectivity index (χ4n) is 3.19. The van der Waals surface area contributed by atoms with Gasteiger partial charge in [-0.05, 0) is 36.2 Å². The van der Waals surface area contributed by atoms with Gasteiger partial charge in [0.2, 0.25) is 5.91 Å². The second-order valence-corrected chi connectivity index (χ2v) is 7.74. The van der Waals surface area contributed by atoms with Crippen LogP contribution in [0.25, 0.3) is 10.9 Å². The minimum absolute atomic E-state index is 0.0242. The van der Waals surface area contributed by atoms with E-state index in [1.807, 2.05) is 37.4 Å². The van der Waals surface area contributed by atoms with Gasteiger partial charge in [0.1, 0.15) is 16.9 Å². The lowest BCUT2D eigenvalue weighted by molar-refractivity contribution is -0.118. The first-order valence-electron chi connectivity index (χ1n) is 9.38. The summed E-state index contributed by atoms with van der Waals surface area (Å²) in [6.07, 6.45) is 3.53. The van der Waals surface area contributed by atoms with Crippen LogP contribution in [0.15, 0.2) is 42.7 Å². The maximum Gasteiger partial charge on any atom is 0.271 e. The van der Waals surface area contributed by atoms with Gasteiger partial charge in [-0.2, -0.15) is 4.37 Å². The molecule has 0 aliphatic rings. The van der Waals surface area contributed by atoms with Crippen LogP contribution in [0.2, 0.25) is 0 Å². The molecule has 0 spiro atoms. The quantitative estimate of drug-likeness (QED) is 0.282. The van der Waals surface area contributed by atoms with E-state index in [0.717, 1.165) is 22.2 Å². The Morgan fingerprint density at radius 3 is 2.77 bits per heavy atom. The molecule has 158 valence electrons. The summed E-state index contributed by atoms with van der Waals surface area (Å²) in [7, 11) is 0. The number of hydrogen-bond acceptors (Lipinski definition) is 8. The van der Waals surface area contributed by atoms with Crippen molar-refractivity contribution in [2.24, 2.45) is 11.5 Å². The van der Waals surface area contributed by atoms with E-state index >= 15 is 0 Å². The van der Waals surface area contributed by atoms with E-state index in [1.165, 1.54) is 17.7 Å². The van der Waals surface area contributed by atoms with E-state index in [4.69, 9.17) is 11.5 Å². The number of benzene rings is 1. The van der Waals surface area contributed by atoms with E-state index in [1.54, 1.807) is 6.07 Å². The molecule has 2 amide bonds. The number of hydrogen-bond donors (Lipinski definition) is 5. The molecule has 0 saturated carbocycles. The number of aromatic nitrogens is 4. The number of nitrogens with two attached hydrogens (primary N) is 2. The lowest BCUT2D eigenvalue weighted by atomic mass is 10.0. The van der Waals surface area contributed by atoms with Gasteiger partial charge in [-0.25, -0.2) is 9.97 Å². The van der Waals surface area contributed by atoms with Crippen LogP contribution >= 0.6 is 11.5 Å². The molecule has 0 radical (unpaired) electrons. The SMILES string of the molecule is Cc1cc(Nc2nc(N[C@H](Cc3c[nH]c4ccccc34)C(N)=O)cnc2C(N)=O)sn1. The fourth-order valence-corrected chi connectivity index (χ4v) is 3.85. The number of fused-ring (bicyclic) bond motifs is 1. The minimum Gasteiger partial charge on any atom is -0.368 e. The predicted molar refractivity (Wildman–Crippen MR) is 119 cm³/mol. The zero-order chi connectivity index (χ0) is 22.0. The number of carbonyl (C=O) groups is 2. The number of amides is 2. The van der Waals surface area contributed by atoms with Gasteiger partial charge in [-0.15, -0.1) is 0 Å². The Morgan fingerprint density at radius 1 is 1.26 bits per heavy atom. The summed E-state index contributed by atoms with van der Waals surface area (Å²) < 4.78 is 4.18. The first-order chi connectivity index (χ1) is 14.9. The number of H-pyrrole nitrogens is 1. The van der Waals surface area contributed by atoms with Crippen molar-refractivity contribution in [1.29, 1.82) is 0 Å².